The summed E-state index contributed by atoms with van der Waals surface area (Å²) in [6.07, 6.45) is 3.28. The number of pyridine rings is 1. The third-order valence-corrected chi connectivity index (χ3v) is 3.77. The minimum atomic E-state index is -0.503. The standard InChI is InChI=1S/C17H15ClN2O4/c1-22-14-9-12(18)4-3-11(14)10-24-13-5-6-15-19-7-8-20(15)16(13)17(21)23-2/h3-9H,10H2,1-2H3. The van der Waals surface area contributed by atoms with Gasteiger partial charge in [0.25, 0.3) is 0 Å². The molecule has 3 rings (SSSR count). The summed E-state index contributed by atoms with van der Waals surface area (Å²) in [6, 6.07) is 8.73. The van der Waals surface area contributed by atoms with Crippen LogP contribution in [-0.2, 0) is 11.3 Å². The first-order valence-electron chi connectivity index (χ1n) is 7.13. The Kier molecular flexibility index (Phi) is 4.57. The van der Waals surface area contributed by atoms with Crippen LogP contribution in [0.1, 0.15) is 16.1 Å². The monoisotopic (exact) mass is 346 g/mol. The lowest BCUT2D eigenvalue weighted by Gasteiger charge is -2.14. The van der Waals surface area contributed by atoms with E-state index >= 15 is 0 Å². The Morgan fingerprint density at radius 1 is 1.21 bits per heavy atom. The first-order valence-corrected chi connectivity index (χ1v) is 7.51. The van der Waals surface area contributed by atoms with Crippen molar-refractivity contribution in [1.29, 1.82) is 0 Å². The molecule has 0 atom stereocenters. The van der Waals surface area contributed by atoms with E-state index in [4.69, 9.17) is 25.8 Å². The number of ether oxygens (including phenoxy) is 3. The molecular formula is C17H15ClN2O4. The Labute approximate surface area is 143 Å². The van der Waals surface area contributed by atoms with Crippen LogP contribution >= 0.6 is 11.6 Å². The van der Waals surface area contributed by atoms with Crippen molar-refractivity contribution >= 4 is 23.2 Å². The van der Waals surface area contributed by atoms with Crippen molar-refractivity contribution in [3.8, 4) is 11.5 Å². The first-order chi connectivity index (χ1) is 11.6. The van der Waals surface area contributed by atoms with Gasteiger partial charge in [-0.1, -0.05) is 17.7 Å². The van der Waals surface area contributed by atoms with Gasteiger partial charge in [0.15, 0.2) is 11.4 Å². The van der Waals surface area contributed by atoms with Gasteiger partial charge in [-0.25, -0.2) is 9.78 Å². The molecule has 24 heavy (non-hydrogen) atoms. The zero-order chi connectivity index (χ0) is 17.1. The topological polar surface area (TPSA) is 62.1 Å². The molecule has 0 bridgehead atoms. The number of rotatable bonds is 5. The summed E-state index contributed by atoms with van der Waals surface area (Å²) in [6.45, 7) is 0.213. The van der Waals surface area contributed by atoms with Crippen molar-refractivity contribution in [3.63, 3.8) is 0 Å². The van der Waals surface area contributed by atoms with Gasteiger partial charge >= 0.3 is 5.97 Å². The summed E-state index contributed by atoms with van der Waals surface area (Å²) < 4.78 is 17.6. The summed E-state index contributed by atoms with van der Waals surface area (Å²) in [5.74, 6) is 0.506. The summed E-state index contributed by atoms with van der Waals surface area (Å²) in [5.41, 5.74) is 1.72. The second-order valence-electron chi connectivity index (χ2n) is 4.94. The summed E-state index contributed by atoms with van der Waals surface area (Å²) >= 11 is 5.96. The molecule has 0 saturated carbocycles. The molecule has 0 fully saturated rings. The Morgan fingerprint density at radius 2 is 2.04 bits per heavy atom. The molecule has 124 valence electrons. The third kappa shape index (κ3) is 3.00. The number of aromatic nitrogens is 2. The maximum atomic E-state index is 12.1. The fraction of sp³-hybridized carbons (Fsp3) is 0.176. The third-order valence-electron chi connectivity index (χ3n) is 3.54. The number of esters is 1. The Balaban J connectivity index is 1.94. The highest BCUT2D eigenvalue weighted by Gasteiger charge is 2.18. The summed E-state index contributed by atoms with van der Waals surface area (Å²) in [5, 5.41) is 0.575. The van der Waals surface area contributed by atoms with E-state index < -0.39 is 5.97 Å². The number of benzene rings is 1. The highest BCUT2D eigenvalue weighted by atomic mass is 35.5. The molecule has 2 heterocycles. The normalized spacial score (nSPS) is 10.6. The number of nitrogens with zero attached hydrogens (tertiary/aromatic N) is 2. The van der Waals surface area contributed by atoms with E-state index in [0.29, 0.717) is 22.2 Å². The molecule has 0 aliphatic heterocycles. The number of carbonyl (C=O) groups excluding carboxylic acids is 1. The number of methoxy groups -OCH3 is 2. The molecule has 2 aromatic heterocycles. The molecule has 0 saturated heterocycles. The van der Waals surface area contributed by atoms with Crippen molar-refractivity contribution in [1.82, 2.24) is 9.38 Å². The van der Waals surface area contributed by atoms with Crippen molar-refractivity contribution in [2.75, 3.05) is 14.2 Å². The van der Waals surface area contributed by atoms with E-state index in [-0.39, 0.29) is 12.3 Å². The molecule has 6 nitrogen and oxygen atoms in total. The lowest BCUT2D eigenvalue weighted by Crippen LogP contribution is -2.11. The molecule has 0 N–H and O–H groups in total. The molecule has 0 aliphatic rings. The lowest BCUT2D eigenvalue weighted by molar-refractivity contribution is 0.0586. The average molecular weight is 347 g/mol. The van der Waals surface area contributed by atoms with E-state index in [2.05, 4.69) is 4.98 Å². The van der Waals surface area contributed by atoms with Gasteiger partial charge in [0, 0.05) is 23.0 Å². The second-order valence-corrected chi connectivity index (χ2v) is 5.37. The van der Waals surface area contributed by atoms with Gasteiger partial charge in [0.2, 0.25) is 0 Å². The van der Waals surface area contributed by atoms with Gasteiger partial charge in [-0.05, 0) is 24.3 Å². The van der Waals surface area contributed by atoms with Crippen LogP contribution in [0.2, 0.25) is 5.02 Å². The second kappa shape index (κ2) is 6.80. The zero-order valence-corrected chi connectivity index (χ0v) is 13.9. The van der Waals surface area contributed by atoms with Crippen LogP contribution in [0.3, 0.4) is 0 Å². The Hall–Kier alpha value is -2.73. The van der Waals surface area contributed by atoms with Crippen LogP contribution < -0.4 is 9.47 Å². The molecule has 1 aromatic carbocycles. The van der Waals surface area contributed by atoms with Crippen LogP contribution in [-0.4, -0.2) is 29.6 Å². The fourth-order valence-corrected chi connectivity index (χ4v) is 2.54. The van der Waals surface area contributed by atoms with Gasteiger partial charge in [0.1, 0.15) is 18.0 Å². The minimum Gasteiger partial charge on any atom is -0.496 e. The fourth-order valence-electron chi connectivity index (χ4n) is 2.38. The smallest absolute Gasteiger partial charge is 0.358 e. The minimum absolute atomic E-state index is 0.213. The number of halogens is 1. The zero-order valence-electron chi connectivity index (χ0n) is 13.2. The van der Waals surface area contributed by atoms with Gasteiger partial charge < -0.3 is 14.2 Å². The molecule has 0 spiro atoms. The molecular weight excluding hydrogens is 332 g/mol. The van der Waals surface area contributed by atoms with Crippen LogP contribution in [0.25, 0.3) is 5.65 Å². The largest absolute Gasteiger partial charge is 0.496 e. The van der Waals surface area contributed by atoms with Gasteiger partial charge in [-0.3, -0.25) is 4.40 Å². The quantitative estimate of drug-likeness (QED) is 0.663. The van der Waals surface area contributed by atoms with E-state index in [1.807, 2.05) is 6.07 Å². The number of hydrogen-bond acceptors (Lipinski definition) is 5. The summed E-state index contributed by atoms with van der Waals surface area (Å²) in [7, 11) is 2.89. The summed E-state index contributed by atoms with van der Waals surface area (Å²) in [4.78, 5) is 16.3. The molecule has 0 radical (unpaired) electrons. The molecule has 0 amide bonds. The first kappa shape index (κ1) is 16.1. The Bertz CT molecular complexity index is 891. The Morgan fingerprint density at radius 3 is 2.79 bits per heavy atom. The number of hydrogen-bond donors (Lipinski definition) is 0. The van der Waals surface area contributed by atoms with E-state index in [1.165, 1.54) is 7.11 Å². The van der Waals surface area contributed by atoms with E-state index in [0.717, 1.165) is 5.56 Å². The molecule has 0 aliphatic carbocycles. The predicted octanol–water partition coefficient (Wildman–Crippen LogP) is 3.36. The van der Waals surface area contributed by atoms with Crippen molar-refractivity contribution in [2.24, 2.45) is 0 Å². The number of imidazole rings is 1. The SMILES string of the molecule is COC(=O)c1c(OCc2ccc(Cl)cc2OC)ccc2nccn12. The van der Waals surface area contributed by atoms with Gasteiger partial charge in [-0.2, -0.15) is 0 Å². The number of carbonyl (C=O) groups is 1. The van der Waals surface area contributed by atoms with E-state index in [9.17, 15) is 4.79 Å². The van der Waals surface area contributed by atoms with Gasteiger partial charge in [0.05, 0.1) is 14.2 Å². The highest BCUT2D eigenvalue weighted by Crippen LogP contribution is 2.27. The molecule has 0 unspecified atom stereocenters. The average Bonchev–Trinajstić information content (AvgIpc) is 3.07. The highest BCUT2D eigenvalue weighted by molar-refractivity contribution is 6.30. The van der Waals surface area contributed by atoms with Crippen LogP contribution in [0, 0.1) is 0 Å². The maximum Gasteiger partial charge on any atom is 0.358 e. The van der Waals surface area contributed by atoms with Crippen LogP contribution in [0.15, 0.2) is 42.7 Å². The van der Waals surface area contributed by atoms with Crippen molar-refractivity contribution < 1.29 is 19.0 Å². The molecule has 3 aromatic rings. The maximum absolute atomic E-state index is 12.1. The predicted molar refractivity (Wildman–Crippen MR) is 88.9 cm³/mol. The van der Waals surface area contributed by atoms with Gasteiger partial charge in [-0.15, -0.1) is 0 Å². The molecule has 7 heteroatoms. The van der Waals surface area contributed by atoms with Crippen LogP contribution in [0.4, 0.5) is 0 Å². The number of fused-ring (bicyclic) bond motifs is 1. The van der Waals surface area contributed by atoms with Crippen molar-refractivity contribution in [3.05, 3.63) is 59.0 Å². The van der Waals surface area contributed by atoms with Crippen molar-refractivity contribution in [2.45, 2.75) is 6.61 Å². The van der Waals surface area contributed by atoms with E-state index in [1.54, 1.807) is 48.2 Å². The van der Waals surface area contributed by atoms with Crippen LogP contribution in [0.5, 0.6) is 11.5 Å². The lowest BCUT2D eigenvalue weighted by atomic mass is 10.2.